The summed E-state index contributed by atoms with van der Waals surface area (Å²) in [5, 5.41) is 11.2. The molecule has 1 N–H and O–H groups in total. The first-order valence-electron chi connectivity index (χ1n) is 12.2. The van der Waals surface area contributed by atoms with E-state index in [-0.39, 0.29) is 0 Å². The van der Waals surface area contributed by atoms with E-state index in [0.717, 1.165) is 56.0 Å². The molecule has 4 saturated carbocycles. The molecule has 2 heteroatoms. The fraction of sp³-hybridized carbons (Fsp3) is 0.923. The van der Waals surface area contributed by atoms with Crippen molar-refractivity contribution in [2.45, 2.75) is 97.0 Å². The molecule has 4 aliphatic rings. The Bertz CT molecular complexity index is 599. The second-order valence-electron chi connectivity index (χ2n) is 11.5. The minimum absolute atomic E-state index is 0.320. The lowest BCUT2D eigenvalue weighted by molar-refractivity contribution is -0.178. The predicted molar refractivity (Wildman–Crippen MR) is 116 cm³/mol. The van der Waals surface area contributed by atoms with Crippen LogP contribution in [0.1, 0.15) is 91.4 Å². The first-order valence-corrected chi connectivity index (χ1v) is 12.2. The molecular weight excluding hydrogens is 344 g/mol. The first-order chi connectivity index (χ1) is 13.3. The maximum Gasteiger partial charge on any atom is 0.0650 e. The van der Waals surface area contributed by atoms with E-state index in [0.29, 0.717) is 16.7 Å². The van der Waals surface area contributed by atoms with Crippen molar-refractivity contribution in [3.05, 3.63) is 12.2 Å². The number of fused-ring (bicyclic) bond motifs is 5. The molecule has 0 aromatic carbocycles. The van der Waals surface area contributed by atoms with Crippen molar-refractivity contribution in [2.75, 3.05) is 13.7 Å². The van der Waals surface area contributed by atoms with Gasteiger partial charge in [-0.25, -0.2) is 0 Å². The molecule has 4 rings (SSSR count). The van der Waals surface area contributed by atoms with E-state index in [9.17, 15) is 5.11 Å². The van der Waals surface area contributed by atoms with E-state index in [1.807, 2.05) is 7.11 Å². The predicted octanol–water partition coefficient (Wildman–Crippen LogP) is 6.38. The molecule has 0 aromatic rings. The van der Waals surface area contributed by atoms with E-state index >= 15 is 0 Å². The molecular formula is C26H44O2. The zero-order valence-electron chi connectivity index (χ0n) is 18.9. The molecule has 0 unspecified atom stereocenters. The molecule has 4 fully saturated rings. The molecule has 0 amide bonds. The Labute approximate surface area is 173 Å². The van der Waals surface area contributed by atoms with Gasteiger partial charge in [-0.1, -0.05) is 32.4 Å². The third-order valence-corrected chi connectivity index (χ3v) is 10.2. The summed E-state index contributed by atoms with van der Waals surface area (Å²) in [6, 6.07) is 0. The number of rotatable bonds is 5. The van der Waals surface area contributed by atoms with Crippen molar-refractivity contribution in [2.24, 2.45) is 40.4 Å². The fourth-order valence-corrected chi connectivity index (χ4v) is 9.18. The average Bonchev–Trinajstić information content (AvgIpc) is 3.00. The molecule has 4 aliphatic carbocycles. The lowest BCUT2D eigenvalue weighted by Crippen LogP contribution is -2.58. The minimum atomic E-state index is -0.412. The summed E-state index contributed by atoms with van der Waals surface area (Å²) in [6.07, 6.45) is 13.4. The monoisotopic (exact) mass is 388 g/mol. The van der Waals surface area contributed by atoms with Crippen LogP contribution in [0.5, 0.6) is 0 Å². The van der Waals surface area contributed by atoms with Crippen LogP contribution in [0, 0.1) is 40.4 Å². The van der Waals surface area contributed by atoms with Crippen LogP contribution in [0.25, 0.3) is 0 Å². The Balaban J connectivity index is 1.62. The van der Waals surface area contributed by atoms with Crippen molar-refractivity contribution in [3.63, 3.8) is 0 Å². The zero-order chi connectivity index (χ0) is 20.2. The highest BCUT2D eigenvalue weighted by Gasteiger charge is 2.62. The molecule has 0 spiro atoms. The van der Waals surface area contributed by atoms with Crippen molar-refractivity contribution < 1.29 is 9.84 Å². The third-order valence-electron chi connectivity index (χ3n) is 10.2. The van der Waals surface area contributed by atoms with Gasteiger partial charge in [0, 0.05) is 7.11 Å². The van der Waals surface area contributed by atoms with Gasteiger partial charge >= 0.3 is 0 Å². The Morgan fingerprint density at radius 3 is 2.54 bits per heavy atom. The Morgan fingerprint density at radius 2 is 1.86 bits per heavy atom. The van der Waals surface area contributed by atoms with Gasteiger partial charge in [-0.15, -0.1) is 0 Å². The molecule has 160 valence electrons. The molecule has 0 heterocycles. The number of allylic oxidation sites excluding steroid dienone is 1. The largest absolute Gasteiger partial charge is 0.390 e. The van der Waals surface area contributed by atoms with E-state index in [4.69, 9.17) is 4.74 Å². The van der Waals surface area contributed by atoms with E-state index < -0.39 is 5.60 Å². The van der Waals surface area contributed by atoms with Crippen molar-refractivity contribution in [1.29, 1.82) is 0 Å². The lowest BCUT2D eigenvalue weighted by Gasteiger charge is -2.63. The molecule has 0 bridgehead atoms. The van der Waals surface area contributed by atoms with Gasteiger partial charge in [0.2, 0.25) is 0 Å². The van der Waals surface area contributed by atoms with Crippen LogP contribution in [0.15, 0.2) is 12.2 Å². The quantitative estimate of drug-likeness (QED) is 0.554. The highest BCUT2D eigenvalue weighted by Crippen LogP contribution is 2.68. The van der Waals surface area contributed by atoms with Crippen LogP contribution in [0.2, 0.25) is 0 Å². The van der Waals surface area contributed by atoms with Crippen LogP contribution >= 0.6 is 0 Å². The molecule has 0 aromatic heterocycles. The number of hydrogen-bond donors (Lipinski definition) is 1. The van der Waals surface area contributed by atoms with Gasteiger partial charge < -0.3 is 9.84 Å². The standard InChI is InChI=1S/C26H44O2/c1-6-12-25(27)14-15-26(17-28-5)19(16-25)7-8-20-22-10-9-21(18(2)3)24(22,4)13-11-23(20)26/h19-23,27H,2,6-17H2,1,3-5H3/t19-,20+,21-,22+,23+,24-,25-,26-/m1/s1. The van der Waals surface area contributed by atoms with Crippen molar-refractivity contribution in [1.82, 2.24) is 0 Å². The molecule has 28 heavy (non-hydrogen) atoms. The number of hydrogen-bond acceptors (Lipinski definition) is 2. The van der Waals surface area contributed by atoms with E-state index in [1.54, 1.807) is 0 Å². The molecule has 0 saturated heterocycles. The minimum Gasteiger partial charge on any atom is -0.390 e. The van der Waals surface area contributed by atoms with Crippen LogP contribution in [0.4, 0.5) is 0 Å². The Kier molecular flexibility index (Phi) is 5.54. The van der Waals surface area contributed by atoms with Crippen LogP contribution in [-0.2, 0) is 4.74 Å². The second kappa shape index (κ2) is 7.41. The molecule has 0 aliphatic heterocycles. The lowest BCUT2D eigenvalue weighted by atomic mass is 9.43. The third kappa shape index (κ3) is 3.04. The van der Waals surface area contributed by atoms with E-state index in [1.165, 1.54) is 50.5 Å². The van der Waals surface area contributed by atoms with Gasteiger partial charge in [0.25, 0.3) is 0 Å². The van der Waals surface area contributed by atoms with Gasteiger partial charge in [-0.3, -0.25) is 0 Å². The SMILES string of the molecule is C=C(C)[C@H]1CC[C@H]2[C@@H]3CC[C@@H]4C[C@@](O)(CCC)CC[C@]4(COC)[C@H]3CC[C@]12C. The topological polar surface area (TPSA) is 29.5 Å². The maximum absolute atomic E-state index is 11.2. The molecule has 0 radical (unpaired) electrons. The van der Waals surface area contributed by atoms with Crippen LogP contribution < -0.4 is 0 Å². The van der Waals surface area contributed by atoms with E-state index in [2.05, 4.69) is 27.4 Å². The maximum atomic E-state index is 11.2. The van der Waals surface area contributed by atoms with Crippen molar-refractivity contribution >= 4 is 0 Å². The normalized spacial score (nSPS) is 50.5. The van der Waals surface area contributed by atoms with Crippen LogP contribution in [0.3, 0.4) is 0 Å². The number of methoxy groups -OCH3 is 1. The summed E-state index contributed by atoms with van der Waals surface area (Å²) in [6.45, 7) is 12.4. The Morgan fingerprint density at radius 1 is 1.07 bits per heavy atom. The summed E-state index contributed by atoms with van der Waals surface area (Å²) < 4.78 is 5.92. The first kappa shape index (κ1) is 20.9. The van der Waals surface area contributed by atoms with Gasteiger partial charge in [0.1, 0.15) is 0 Å². The smallest absolute Gasteiger partial charge is 0.0650 e. The van der Waals surface area contributed by atoms with Gasteiger partial charge in [-0.05, 0) is 112 Å². The Hall–Kier alpha value is -0.340. The summed E-state index contributed by atoms with van der Waals surface area (Å²) in [5.74, 6) is 3.93. The van der Waals surface area contributed by atoms with Gasteiger partial charge in [0.05, 0.1) is 12.2 Å². The summed E-state index contributed by atoms with van der Waals surface area (Å²) in [7, 11) is 1.90. The second-order valence-corrected chi connectivity index (χ2v) is 11.5. The highest BCUT2D eigenvalue weighted by molar-refractivity contribution is 5.16. The van der Waals surface area contributed by atoms with Crippen molar-refractivity contribution in [3.8, 4) is 0 Å². The fourth-order valence-electron chi connectivity index (χ4n) is 9.18. The number of aliphatic hydroxyl groups is 1. The summed E-state index contributed by atoms with van der Waals surface area (Å²) >= 11 is 0. The highest BCUT2D eigenvalue weighted by atomic mass is 16.5. The summed E-state index contributed by atoms with van der Waals surface area (Å²) in [5.41, 5.74) is 1.81. The van der Waals surface area contributed by atoms with Gasteiger partial charge in [0.15, 0.2) is 0 Å². The van der Waals surface area contributed by atoms with Crippen LogP contribution in [-0.4, -0.2) is 24.4 Å². The molecule has 2 nitrogen and oxygen atoms in total. The molecule has 8 atom stereocenters. The zero-order valence-corrected chi connectivity index (χ0v) is 18.9. The average molecular weight is 389 g/mol. The summed E-state index contributed by atoms with van der Waals surface area (Å²) in [4.78, 5) is 0. The van der Waals surface area contributed by atoms with Gasteiger partial charge in [-0.2, -0.15) is 0 Å². The number of ether oxygens (including phenoxy) is 1.